The Morgan fingerprint density at radius 3 is 2.58 bits per heavy atom. The van der Waals surface area contributed by atoms with Gasteiger partial charge in [0.05, 0.1) is 0 Å². The molecule has 2 amide bonds. The lowest BCUT2D eigenvalue weighted by molar-refractivity contribution is -0.124. The number of rotatable bonds is 6. The molecule has 0 spiro atoms. The molecular formula is C26H26N2O3. The van der Waals surface area contributed by atoms with E-state index in [0.717, 1.165) is 17.7 Å². The standard InChI is InChI=1S/C26H26N2O3/c1-18-15-21-11-6-7-14-24(21)28(18)26(30)19(2)31-23-13-8-12-22(16-23)25(29)27-17-20-9-4-3-5-10-20/h3-14,16,18-19H,15,17H2,1-2H3,(H,27,29)/t18-,19-/m1/s1. The Morgan fingerprint density at radius 1 is 1.03 bits per heavy atom. The number of para-hydroxylation sites is 1. The van der Waals surface area contributed by atoms with Gasteiger partial charge in [0.25, 0.3) is 11.8 Å². The van der Waals surface area contributed by atoms with Crippen molar-refractivity contribution in [3.63, 3.8) is 0 Å². The van der Waals surface area contributed by atoms with Crippen LogP contribution in [0.4, 0.5) is 5.69 Å². The first-order chi connectivity index (χ1) is 15.0. The maximum Gasteiger partial charge on any atom is 0.268 e. The molecule has 5 heteroatoms. The quantitative estimate of drug-likeness (QED) is 0.652. The number of hydrogen-bond acceptors (Lipinski definition) is 3. The van der Waals surface area contributed by atoms with Gasteiger partial charge in [0, 0.05) is 23.8 Å². The van der Waals surface area contributed by atoms with Crippen molar-refractivity contribution in [3.05, 3.63) is 95.6 Å². The molecule has 1 N–H and O–H groups in total. The zero-order chi connectivity index (χ0) is 21.8. The summed E-state index contributed by atoms with van der Waals surface area (Å²) in [5, 5.41) is 2.91. The second-order valence-electron chi connectivity index (χ2n) is 7.85. The van der Waals surface area contributed by atoms with Crippen LogP contribution in [0.5, 0.6) is 5.75 Å². The highest BCUT2D eigenvalue weighted by Gasteiger charge is 2.33. The number of carbonyl (C=O) groups excluding carboxylic acids is 2. The van der Waals surface area contributed by atoms with E-state index in [2.05, 4.69) is 11.4 Å². The predicted molar refractivity (Wildman–Crippen MR) is 121 cm³/mol. The van der Waals surface area contributed by atoms with Crippen LogP contribution < -0.4 is 15.0 Å². The molecule has 1 heterocycles. The van der Waals surface area contributed by atoms with E-state index < -0.39 is 6.10 Å². The van der Waals surface area contributed by atoms with Gasteiger partial charge in [0.15, 0.2) is 6.10 Å². The Morgan fingerprint density at radius 2 is 1.77 bits per heavy atom. The summed E-state index contributed by atoms with van der Waals surface area (Å²) in [6.45, 7) is 4.24. The Hall–Kier alpha value is -3.60. The lowest BCUT2D eigenvalue weighted by Crippen LogP contribution is -2.43. The normalized spacial score (nSPS) is 15.8. The fraction of sp³-hybridized carbons (Fsp3) is 0.231. The van der Waals surface area contributed by atoms with Gasteiger partial charge >= 0.3 is 0 Å². The van der Waals surface area contributed by atoms with E-state index in [-0.39, 0.29) is 17.9 Å². The minimum Gasteiger partial charge on any atom is -0.481 e. The SMILES string of the molecule is C[C@@H]1Cc2ccccc2N1C(=O)[C@@H](C)Oc1cccc(C(=O)NCc2ccccc2)c1. The molecule has 0 saturated carbocycles. The fourth-order valence-corrected chi connectivity index (χ4v) is 3.94. The van der Waals surface area contributed by atoms with Gasteiger partial charge in [0.2, 0.25) is 0 Å². The van der Waals surface area contributed by atoms with Crippen LogP contribution >= 0.6 is 0 Å². The second-order valence-corrected chi connectivity index (χ2v) is 7.85. The summed E-state index contributed by atoms with van der Waals surface area (Å²) in [6.07, 6.45) is 0.169. The van der Waals surface area contributed by atoms with Crippen molar-refractivity contribution >= 4 is 17.5 Å². The molecule has 0 aromatic heterocycles. The lowest BCUT2D eigenvalue weighted by Gasteiger charge is -2.26. The van der Waals surface area contributed by atoms with Crippen molar-refractivity contribution in [1.82, 2.24) is 5.32 Å². The van der Waals surface area contributed by atoms with Crippen LogP contribution in [-0.4, -0.2) is 24.0 Å². The van der Waals surface area contributed by atoms with Crippen molar-refractivity contribution in [2.24, 2.45) is 0 Å². The summed E-state index contributed by atoms with van der Waals surface area (Å²) in [5.74, 6) is 0.222. The van der Waals surface area contributed by atoms with Crippen molar-refractivity contribution in [2.45, 2.75) is 39.0 Å². The maximum atomic E-state index is 13.1. The zero-order valence-electron chi connectivity index (χ0n) is 17.7. The Bertz CT molecular complexity index is 1080. The van der Waals surface area contributed by atoms with Gasteiger partial charge < -0.3 is 15.0 Å². The highest BCUT2D eigenvalue weighted by Crippen LogP contribution is 2.32. The van der Waals surface area contributed by atoms with Gasteiger partial charge in [-0.05, 0) is 55.7 Å². The second kappa shape index (κ2) is 9.04. The largest absolute Gasteiger partial charge is 0.481 e. The highest BCUT2D eigenvalue weighted by molar-refractivity contribution is 5.99. The number of fused-ring (bicyclic) bond motifs is 1. The van der Waals surface area contributed by atoms with E-state index in [1.165, 1.54) is 5.56 Å². The highest BCUT2D eigenvalue weighted by atomic mass is 16.5. The number of nitrogens with zero attached hydrogens (tertiary/aromatic N) is 1. The summed E-state index contributed by atoms with van der Waals surface area (Å²) < 4.78 is 5.93. The summed E-state index contributed by atoms with van der Waals surface area (Å²) in [6, 6.07) is 24.7. The minimum atomic E-state index is -0.670. The summed E-state index contributed by atoms with van der Waals surface area (Å²) in [4.78, 5) is 27.5. The number of nitrogens with one attached hydrogen (secondary N) is 1. The molecule has 0 aliphatic carbocycles. The van der Waals surface area contributed by atoms with Crippen LogP contribution in [0.3, 0.4) is 0 Å². The first kappa shape index (κ1) is 20.7. The average molecular weight is 415 g/mol. The van der Waals surface area contributed by atoms with E-state index in [4.69, 9.17) is 4.74 Å². The van der Waals surface area contributed by atoms with E-state index in [1.807, 2.05) is 60.4 Å². The third-order valence-electron chi connectivity index (χ3n) is 5.50. The van der Waals surface area contributed by atoms with E-state index in [0.29, 0.717) is 17.9 Å². The van der Waals surface area contributed by atoms with Crippen LogP contribution in [0.25, 0.3) is 0 Å². The molecule has 1 aliphatic heterocycles. The molecule has 0 bridgehead atoms. The summed E-state index contributed by atoms with van der Waals surface area (Å²) in [7, 11) is 0. The molecule has 4 rings (SSSR count). The monoisotopic (exact) mass is 414 g/mol. The molecule has 1 aliphatic rings. The van der Waals surface area contributed by atoms with Gasteiger partial charge in [-0.2, -0.15) is 0 Å². The minimum absolute atomic E-state index is 0.0867. The third kappa shape index (κ3) is 4.61. The number of hydrogen-bond donors (Lipinski definition) is 1. The Kier molecular flexibility index (Phi) is 6.03. The van der Waals surface area contributed by atoms with Gasteiger partial charge in [-0.15, -0.1) is 0 Å². The van der Waals surface area contributed by atoms with Crippen molar-refractivity contribution in [2.75, 3.05) is 4.90 Å². The fourth-order valence-electron chi connectivity index (χ4n) is 3.94. The molecule has 5 nitrogen and oxygen atoms in total. The molecule has 0 saturated heterocycles. The topological polar surface area (TPSA) is 58.6 Å². The van der Waals surface area contributed by atoms with Crippen molar-refractivity contribution < 1.29 is 14.3 Å². The van der Waals surface area contributed by atoms with Gasteiger partial charge in [-0.1, -0.05) is 54.6 Å². The van der Waals surface area contributed by atoms with E-state index in [1.54, 1.807) is 31.2 Å². The summed E-state index contributed by atoms with van der Waals surface area (Å²) in [5.41, 5.74) is 3.65. The van der Waals surface area contributed by atoms with Gasteiger partial charge in [0.1, 0.15) is 5.75 Å². The molecule has 0 unspecified atom stereocenters. The third-order valence-corrected chi connectivity index (χ3v) is 5.50. The van der Waals surface area contributed by atoms with Crippen molar-refractivity contribution in [3.8, 4) is 5.75 Å². The first-order valence-corrected chi connectivity index (χ1v) is 10.5. The molecule has 0 fully saturated rings. The number of carbonyl (C=O) groups is 2. The number of ether oxygens (including phenoxy) is 1. The molecule has 31 heavy (non-hydrogen) atoms. The average Bonchev–Trinajstić information content (AvgIpc) is 3.13. The van der Waals surface area contributed by atoms with E-state index in [9.17, 15) is 9.59 Å². The van der Waals surface area contributed by atoms with Crippen LogP contribution in [0.2, 0.25) is 0 Å². The van der Waals surface area contributed by atoms with Crippen LogP contribution in [0.1, 0.15) is 35.3 Å². The Labute approximate surface area is 182 Å². The van der Waals surface area contributed by atoms with Crippen LogP contribution in [0, 0.1) is 0 Å². The number of benzene rings is 3. The number of amides is 2. The Balaban J connectivity index is 1.41. The lowest BCUT2D eigenvalue weighted by atomic mass is 10.1. The smallest absolute Gasteiger partial charge is 0.268 e. The van der Waals surface area contributed by atoms with Gasteiger partial charge in [-0.3, -0.25) is 9.59 Å². The van der Waals surface area contributed by atoms with Crippen molar-refractivity contribution in [1.29, 1.82) is 0 Å². The number of anilines is 1. The first-order valence-electron chi connectivity index (χ1n) is 10.5. The van der Waals surface area contributed by atoms with Gasteiger partial charge in [-0.25, -0.2) is 0 Å². The van der Waals surface area contributed by atoms with E-state index >= 15 is 0 Å². The zero-order valence-corrected chi connectivity index (χ0v) is 17.7. The van der Waals surface area contributed by atoms with Crippen LogP contribution in [-0.2, 0) is 17.8 Å². The molecule has 3 aromatic carbocycles. The summed E-state index contributed by atoms with van der Waals surface area (Å²) >= 11 is 0. The predicted octanol–water partition coefficient (Wildman–Crippen LogP) is 4.36. The van der Waals surface area contributed by atoms with Crippen LogP contribution in [0.15, 0.2) is 78.9 Å². The molecular weight excluding hydrogens is 388 g/mol. The molecule has 3 aromatic rings. The molecule has 2 atom stereocenters. The molecule has 158 valence electrons. The molecule has 0 radical (unpaired) electrons. The maximum absolute atomic E-state index is 13.1.